The summed E-state index contributed by atoms with van der Waals surface area (Å²) in [4.78, 5) is 18.4. The smallest absolute Gasteiger partial charge is 0.264 e. The number of rotatable bonds is 8. The van der Waals surface area contributed by atoms with Crippen molar-refractivity contribution in [3.05, 3.63) is 107 Å². The number of anilines is 1. The molecule has 6 rings (SSSR count). The lowest BCUT2D eigenvalue weighted by atomic mass is 10.1. The predicted octanol–water partition coefficient (Wildman–Crippen LogP) is 6.26. The van der Waals surface area contributed by atoms with Gasteiger partial charge in [0.15, 0.2) is 0 Å². The lowest BCUT2D eigenvalue weighted by molar-refractivity contribution is 0.242. The van der Waals surface area contributed by atoms with Crippen LogP contribution in [0.4, 0.5) is 5.82 Å². The third kappa shape index (κ3) is 5.12. The van der Waals surface area contributed by atoms with Crippen LogP contribution in [0.1, 0.15) is 25.1 Å². The minimum atomic E-state index is -0.231. The Morgan fingerprint density at radius 1 is 0.881 bits per heavy atom. The van der Waals surface area contributed by atoms with Crippen LogP contribution in [0.25, 0.3) is 27.5 Å². The van der Waals surface area contributed by atoms with Crippen LogP contribution in [0.2, 0.25) is 0 Å². The first-order valence-corrected chi connectivity index (χ1v) is 13.7. The van der Waals surface area contributed by atoms with Crippen molar-refractivity contribution in [3.63, 3.8) is 0 Å². The zero-order valence-corrected chi connectivity index (χ0v) is 23.9. The van der Waals surface area contributed by atoms with E-state index in [1.54, 1.807) is 22.6 Å². The van der Waals surface area contributed by atoms with Crippen LogP contribution in [0, 0.1) is 6.92 Å². The highest BCUT2D eigenvalue weighted by atomic mass is 16.5. The molecule has 42 heavy (non-hydrogen) atoms. The number of nitrogens with zero attached hydrogens (tertiary/aromatic N) is 4. The summed E-state index contributed by atoms with van der Waals surface area (Å²) in [5.41, 5.74) is 10.2. The molecule has 6 aromatic rings. The zero-order valence-electron chi connectivity index (χ0n) is 23.9. The number of aryl methyl sites for hydroxylation is 1. The normalized spacial score (nSPS) is 11.4. The van der Waals surface area contributed by atoms with E-state index < -0.39 is 0 Å². The SMILES string of the molecule is COc1ccc(Cn2c(=O)c3c(N)n(-c4ccc(Oc5ccc(C)nc5)cc4)nc3c3ccc(OC(C)C)cc32)cc1. The molecule has 0 amide bonds. The Bertz CT molecular complexity index is 1940. The van der Waals surface area contributed by atoms with Gasteiger partial charge in [-0.3, -0.25) is 9.78 Å². The summed E-state index contributed by atoms with van der Waals surface area (Å²) in [6.45, 7) is 6.19. The topological polar surface area (TPSA) is 106 Å². The average Bonchev–Trinajstić information content (AvgIpc) is 3.34. The number of benzene rings is 3. The maximum Gasteiger partial charge on any atom is 0.264 e. The van der Waals surface area contributed by atoms with Crippen LogP contribution < -0.4 is 25.5 Å². The number of hydrogen-bond acceptors (Lipinski definition) is 7. The van der Waals surface area contributed by atoms with Crippen molar-refractivity contribution in [2.45, 2.75) is 33.4 Å². The lowest BCUT2D eigenvalue weighted by Gasteiger charge is -2.15. The molecular weight excluding hydrogens is 530 g/mol. The monoisotopic (exact) mass is 561 g/mol. The van der Waals surface area contributed by atoms with E-state index in [1.807, 2.05) is 99.6 Å². The Labute approximate surface area is 242 Å². The first kappa shape index (κ1) is 26.9. The van der Waals surface area contributed by atoms with Crippen LogP contribution >= 0.6 is 0 Å². The number of nitrogens with two attached hydrogens (primary N) is 1. The fraction of sp³-hybridized carbons (Fsp3) is 0.182. The van der Waals surface area contributed by atoms with Gasteiger partial charge in [-0.2, -0.15) is 5.10 Å². The van der Waals surface area contributed by atoms with Crippen molar-refractivity contribution in [1.82, 2.24) is 19.3 Å². The van der Waals surface area contributed by atoms with Crippen LogP contribution in [0.5, 0.6) is 23.0 Å². The predicted molar refractivity (Wildman–Crippen MR) is 164 cm³/mol. The standard InChI is InChI=1S/C33H31N5O4/c1-20(2)41-26-15-16-28-29(17-26)37(19-22-6-11-24(40-4)12-7-22)33(39)30-31(28)36-38(32(30)34)23-8-13-25(14-9-23)42-27-10-5-21(3)35-18-27/h5-18,20H,19,34H2,1-4H3. The van der Waals surface area contributed by atoms with E-state index in [2.05, 4.69) is 4.98 Å². The molecule has 0 atom stereocenters. The fourth-order valence-electron chi connectivity index (χ4n) is 4.93. The Kier molecular flexibility index (Phi) is 7.00. The molecule has 0 aliphatic heterocycles. The maximum atomic E-state index is 14.1. The number of aromatic nitrogens is 4. The second-order valence-corrected chi connectivity index (χ2v) is 10.3. The van der Waals surface area contributed by atoms with Crippen molar-refractivity contribution < 1.29 is 14.2 Å². The van der Waals surface area contributed by atoms with E-state index in [1.165, 1.54) is 0 Å². The highest BCUT2D eigenvalue weighted by Gasteiger charge is 2.20. The largest absolute Gasteiger partial charge is 0.497 e. The van der Waals surface area contributed by atoms with Crippen LogP contribution in [-0.4, -0.2) is 32.5 Å². The van der Waals surface area contributed by atoms with Gasteiger partial charge in [-0.25, -0.2) is 4.68 Å². The lowest BCUT2D eigenvalue weighted by Crippen LogP contribution is -2.22. The van der Waals surface area contributed by atoms with Gasteiger partial charge in [0.1, 0.15) is 39.7 Å². The van der Waals surface area contributed by atoms with Crippen molar-refractivity contribution in [1.29, 1.82) is 0 Å². The van der Waals surface area contributed by atoms with E-state index in [4.69, 9.17) is 25.0 Å². The first-order chi connectivity index (χ1) is 20.3. The number of hydrogen-bond donors (Lipinski definition) is 1. The highest BCUT2D eigenvalue weighted by Crippen LogP contribution is 2.31. The average molecular weight is 562 g/mol. The minimum absolute atomic E-state index is 0.0167. The molecular formula is C33H31N5O4. The molecule has 0 fully saturated rings. The molecule has 0 unspecified atom stereocenters. The molecule has 3 aromatic heterocycles. The third-order valence-electron chi connectivity index (χ3n) is 6.97. The van der Waals surface area contributed by atoms with Crippen molar-refractivity contribution in [3.8, 4) is 28.7 Å². The van der Waals surface area contributed by atoms with Gasteiger partial charge in [-0.1, -0.05) is 12.1 Å². The van der Waals surface area contributed by atoms with Crippen molar-refractivity contribution >= 4 is 27.6 Å². The fourth-order valence-corrected chi connectivity index (χ4v) is 4.93. The number of pyridine rings is 2. The molecule has 2 N–H and O–H groups in total. The number of fused-ring (bicyclic) bond motifs is 3. The molecule has 0 bridgehead atoms. The van der Waals surface area contributed by atoms with Crippen molar-refractivity contribution in [2.75, 3.05) is 12.8 Å². The van der Waals surface area contributed by atoms with Gasteiger partial charge in [0.2, 0.25) is 0 Å². The third-order valence-corrected chi connectivity index (χ3v) is 6.97. The first-order valence-electron chi connectivity index (χ1n) is 13.7. The van der Waals surface area contributed by atoms with Crippen LogP contribution in [0.15, 0.2) is 89.9 Å². The summed E-state index contributed by atoms with van der Waals surface area (Å²) < 4.78 is 20.5. The summed E-state index contributed by atoms with van der Waals surface area (Å²) in [5, 5.41) is 5.98. The molecule has 9 nitrogen and oxygen atoms in total. The Balaban J connectivity index is 1.46. The molecule has 0 saturated carbocycles. The number of methoxy groups -OCH3 is 1. The van der Waals surface area contributed by atoms with Gasteiger partial charge in [-0.15, -0.1) is 0 Å². The van der Waals surface area contributed by atoms with Gasteiger partial charge in [-0.05, 0) is 87.0 Å². The molecule has 0 aliphatic rings. The molecule has 3 heterocycles. The minimum Gasteiger partial charge on any atom is -0.497 e. The summed E-state index contributed by atoms with van der Waals surface area (Å²) in [5.74, 6) is 2.97. The van der Waals surface area contributed by atoms with Gasteiger partial charge in [0, 0.05) is 17.1 Å². The Hall–Kier alpha value is -5.31. The molecule has 0 aliphatic carbocycles. The second kappa shape index (κ2) is 10.9. The summed E-state index contributed by atoms with van der Waals surface area (Å²) in [6.07, 6.45) is 1.67. The molecule has 3 aromatic carbocycles. The summed E-state index contributed by atoms with van der Waals surface area (Å²) >= 11 is 0. The Morgan fingerprint density at radius 3 is 2.24 bits per heavy atom. The van der Waals surface area contributed by atoms with Gasteiger partial charge in [0.25, 0.3) is 5.56 Å². The molecule has 9 heteroatoms. The second-order valence-electron chi connectivity index (χ2n) is 10.3. The van der Waals surface area contributed by atoms with E-state index >= 15 is 0 Å². The van der Waals surface area contributed by atoms with Gasteiger partial charge < -0.3 is 24.5 Å². The van der Waals surface area contributed by atoms with Crippen LogP contribution in [0.3, 0.4) is 0 Å². The van der Waals surface area contributed by atoms with E-state index in [9.17, 15) is 4.79 Å². The van der Waals surface area contributed by atoms with Crippen LogP contribution in [-0.2, 0) is 6.54 Å². The van der Waals surface area contributed by atoms with E-state index in [0.717, 1.165) is 22.4 Å². The summed E-state index contributed by atoms with van der Waals surface area (Å²) in [7, 11) is 1.62. The molecule has 0 spiro atoms. The molecule has 0 saturated heterocycles. The van der Waals surface area contributed by atoms with E-state index in [-0.39, 0.29) is 17.5 Å². The van der Waals surface area contributed by atoms with Gasteiger partial charge >= 0.3 is 0 Å². The maximum absolute atomic E-state index is 14.1. The zero-order chi connectivity index (χ0) is 29.4. The molecule has 212 valence electrons. The number of nitrogen functional groups attached to an aromatic ring is 1. The number of ether oxygens (including phenoxy) is 3. The molecule has 0 radical (unpaired) electrons. The Morgan fingerprint density at radius 2 is 1.57 bits per heavy atom. The quantitative estimate of drug-likeness (QED) is 0.234. The van der Waals surface area contributed by atoms with Gasteiger partial charge in [0.05, 0.1) is 37.2 Å². The highest BCUT2D eigenvalue weighted by molar-refractivity contribution is 6.07. The summed E-state index contributed by atoms with van der Waals surface area (Å²) in [6, 6.07) is 24.5. The van der Waals surface area contributed by atoms with Crippen molar-refractivity contribution in [2.24, 2.45) is 0 Å². The van der Waals surface area contributed by atoms with E-state index in [0.29, 0.717) is 45.9 Å².